The fraction of sp³-hybridized carbons (Fsp3) is 0.0938. The van der Waals surface area contributed by atoms with E-state index in [1.165, 1.54) is 36.0 Å². The number of hydrogen-bond acceptors (Lipinski definition) is 6. The van der Waals surface area contributed by atoms with Crippen LogP contribution in [0.15, 0.2) is 114 Å². The highest BCUT2D eigenvalue weighted by molar-refractivity contribution is 8.00. The summed E-state index contributed by atoms with van der Waals surface area (Å²) in [4.78, 5) is 50.6. The topological polar surface area (TPSA) is 130 Å². The zero-order chi connectivity index (χ0) is 30.1. The number of rotatable bonds is 10. The van der Waals surface area contributed by atoms with Crippen LogP contribution in [0, 0.1) is 17.0 Å². The average Bonchev–Trinajstić information content (AvgIpc) is 2.98. The predicted octanol–water partition coefficient (Wildman–Crippen LogP) is 6.43. The number of carbonyl (C=O) groups excluding carboxylic acids is 3. The lowest BCUT2D eigenvalue weighted by Crippen LogP contribution is -2.30. The summed E-state index contributed by atoms with van der Waals surface area (Å²) in [5.74, 6) is -1.34. The van der Waals surface area contributed by atoms with Crippen molar-refractivity contribution in [3.8, 4) is 0 Å². The number of benzene rings is 4. The molecule has 3 amide bonds. The van der Waals surface area contributed by atoms with Gasteiger partial charge in [0, 0.05) is 27.9 Å². The van der Waals surface area contributed by atoms with Crippen molar-refractivity contribution in [3.05, 3.63) is 136 Å². The minimum atomic E-state index is -0.663. The van der Waals surface area contributed by atoms with Crippen LogP contribution in [0.5, 0.6) is 0 Å². The lowest BCUT2D eigenvalue weighted by molar-refractivity contribution is -0.385. The highest BCUT2D eigenvalue weighted by Gasteiger charge is 2.19. The second-order valence-electron chi connectivity index (χ2n) is 9.29. The molecular weight excluding hydrogens is 552 g/mol. The molecule has 0 saturated heterocycles. The van der Waals surface area contributed by atoms with Crippen molar-refractivity contribution >= 4 is 52.6 Å². The van der Waals surface area contributed by atoms with Gasteiger partial charge in [0.15, 0.2) is 0 Å². The number of thioether (sulfide) groups is 1. The minimum Gasteiger partial charge on any atom is -0.325 e. The number of nitro benzene ring substituents is 1. The molecule has 1 atom stereocenters. The maximum Gasteiger partial charge on any atom is 0.276 e. The fourth-order valence-corrected chi connectivity index (χ4v) is 4.78. The van der Waals surface area contributed by atoms with Crippen molar-refractivity contribution in [2.45, 2.75) is 24.0 Å². The third kappa shape index (κ3) is 8.15. The molecule has 0 spiro atoms. The van der Waals surface area contributed by atoms with Crippen LogP contribution in [-0.2, 0) is 9.59 Å². The van der Waals surface area contributed by atoms with Crippen LogP contribution in [0.3, 0.4) is 0 Å². The summed E-state index contributed by atoms with van der Waals surface area (Å²) in [5, 5.41) is 19.4. The van der Waals surface area contributed by atoms with Gasteiger partial charge in [-0.15, -0.1) is 11.8 Å². The number of nitrogens with zero attached hydrogens (tertiary/aromatic N) is 1. The Kier molecular flexibility index (Phi) is 9.85. The van der Waals surface area contributed by atoms with Crippen molar-refractivity contribution in [1.82, 2.24) is 5.32 Å². The highest BCUT2D eigenvalue weighted by Crippen LogP contribution is 2.26. The predicted molar refractivity (Wildman–Crippen MR) is 165 cm³/mol. The van der Waals surface area contributed by atoms with Gasteiger partial charge in [0.2, 0.25) is 5.91 Å². The summed E-state index contributed by atoms with van der Waals surface area (Å²) >= 11 is 1.36. The Morgan fingerprint density at radius 1 is 0.833 bits per heavy atom. The van der Waals surface area contributed by atoms with Gasteiger partial charge in [-0.1, -0.05) is 42.5 Å². The molecule has 0 aliphatic rings. The minimum absolute atomic E-state index is 0.137. The van der Waals surface area contributed by atoms with E-state index >= 15 is 0 Å². The van der Waals surface area contributed by atoms with Crippen molar-refractivity contribution in [3.63, 3.8) is 0 Å². The van der Waals surface area contributed by atoms with E-state index < -0.39 is 16.7 Å². The molecular formula is C32H28N4O5S. The Bertz CT molecular complexity index is 1640. The summed E-state index contributed by atoms with van der Waals surface area (Å²) in [6.45, 7) is 3.76. The van der Waals surface area contributed by atoms with E-state index in [0.717, 1.165) is 16.1 Å². The van der Waals surface area contributed by atoms with Gasteiger partial charge in [-0.25, -0.2) is 0 Å². The molecule has 9 nitrogen and oxygen atoms in total. The normalized spacial score (nSPS) is 11.7. The molecule has 212 valence electrons. The van der Waals surface area contributed by atoms with Gasteiger partial charge in [0.25, 0.3) is 17.5 Å². The summed E-state index contributed by atoms with van der Waals surface area (Å²) in [6, 6.07) is 28.7. The number of carbonyl (C=O) groups is 3. The third-order valence-electron chi connectivity index (χ3n) is 6.04. The smallest absolute Gasteiger partial charge is 0.276 e. The number of aryl methyl sites for hydroxylation is 1. The first-order chi connectivity index (χ1) is 20.2. The maximum absolute atomic E-state index is 13.3. The largest absolute Gasteiger partial charge is 0.325 e. The van der Waals surface area contributed by atoms with Crippen molar-refractivity contribution < 1.29 is 19.3 Å². The van der Waals surface area contributed by atoms with Crippen LogP contribution in [0.4, 0.5) is 17.1 Å². The SMILES string of the molecule is Cc1cccc(NC(=O)C(C)Sc2ccc(NC(=O)/C(=C/c3ccccc3[N+](=O)[O-])NC(=O)c3ccccc3)cc2)c1. The second-order valence-corrected chi connectivity index (χ2v) is 10.7. The first kappa shape index (κ1) is 29.8. The molecule has 4 rings (SSSR count). The molecule has 0 bridgehead atoms. The molecule has 0 aliphatic carbocycles. The van der Waals surface area contributed by atoms with Gasteiger partial charge in [-0.3, -0.25) is 24.5 Å². The molecule has 0 fully saturated rings. The number of nitro groups is 1. The molecule has 4 aromatic rings. The van der Waals surface area contributed by atoms with E-state index in [-0.39, 0.29) is 28.1 Å². The fourth-order valence-electron chi connectivity index (χ4n) is 3.91. The van der Waals surface area contributed by atoms with Gasteiger partial charge in [-0.2, -0.15) is 0 Å². The molecule has 42 heavy (non-hydrogen) atoms. The van der Waals surface area contributed by atoms with Gasteiger partial charge >= 0.3 is 0 Å². The maximum atomic E-state index is 13.3. The van der Waals surface area contributed by atoms with E-state index in [9.17, 15) is 24.5 Å². The number of anilines is 2. The molecule has 0 aromatic heterocycles. The van der Waals surface area contributed by atoms with Gasteiger partial charge < -0.3 is 16.0 Å². The molecule has 1 unspecified atom stereocenters. The number of nitrogens with one attached hydrogen (secondary N) is 3. The van der Waals surface area contributed by atoms with Gasteiger partial charge in [0.1, 0.15) is 5.70 Å². The summed E-state index contributed by atoms with van der Waals surface area (Å²) < 4.78 is 0. The molecule has 4 aromatic carbocycles. The first-order valence-electron chi connectivity index (χ1n) is 13.0. The molecule has 3 N–H and O–H groups in total. The van der Waals surface area contributed by atoms with E-state index in [4.69, 9.17) is 0 Å². The van der Waals surface area contributed by atoms with Crippen LogP contribution in [-0.4, -0.2) is 27.9 Å². The molecule has 0 saturated carbocycles. The van der Waals surface area contributed by atoms with Crippen molar-refractivity contribution in [2.24, 2.45) is 0 Å². The third-order valence-corrected chi connectivity index (χ3v) is 7.15. The quantitative estimate of drug-likeness (QED) is 0.0857. The second kappa shape index (κ2) is 13.9. The average molecular weight is 581 g/mol. The molecule has 10 heteroatoms. The van der Waals surface area contributed by atoms with Crippen LogP contribution < -0.4 is 16.0 Å². The zero-order valence-electron chi connectivity index (χ0n) is 22.9. The lowest BCUT2D eigenvalue weighted by atomic mass is 10.1. The van der Waals surface area contributed by atoms with E-state index in [2.05, 4.69) is 16.0 Å². The Morgan fingerprint density at radius 3 is 2.21 bits per heavy atom. The van der Waals surface area contributed by atoms with Crippen LogP contribution >= 0.6 is 11.8 Å². The molecule has 0 radical (unpaired) electrons. The standard InChI is InChI=1S/C32H28N4O5S/c1-21-9-8-13-26(19-21)34-30(37)22(2)42-27-17-15-25(16-18-27)33-32(39)28(35-31(38)23-10-4-3-5-11-23)20-24-12-6-7-14-29(24)36(40)41/h3-20,22H,1-2H3,(H,33,39)(H,34,37)(H,35,38)/b28-20-. The zero-order valence-corrected chi connectivity index (χ0v) is 23.7. The Balaban J connectivity index is 1.48. The summed E-state index contributed by atoms with van der Waals surface area (Å²) in [5.41, 5.74) is 2.31. The van der Waals surface area contributed by atoms with E-state index in [0.29, 0.717) is 11.3 Å². The number of hydrogen-bond donors (Lipinski definition) is 3. The van der Waals surface area contributed by atoms with Crippen molar-refractivity contribution in [2.75, 3.05) is 10.6 Å². The molecule has 0 heterocycles. The van der Waals surface area contributed by atoms with E-state index in [1.54, 1.807) is 67.6 Å². The van der Waals surface area contributed by atoms with Crippen LogP contribution in [0.1, 0.15) is 28.4 Å². The summed E-state index contributed by atoms with van der Waals surface area (Å²) in [7, 11) is 0. The van der Waals surface area contributed by atoms with Gasteiger partial charge in [-0.05, 0) is 80.1 Å². The lowest BCUT2D eigenvalue weighted by Gasteiger charge is -2.14. The monoisotopic (exact) mass is 580 g/mol. The number of para-hydroxylation sites is 1. The van der Waals surface area contributed by atoms with Gasteiger partial charge in [0.05, 0.1) is 15.7 Å². The Labute approximate surface area is 247 Å². The van der Waals surface area contributed by atoms with Crippen LogP contribution in [0.25, 0.3) is 6.08 Å². The first-order valence-corrected chi connectivity index (χ1v) is 13.8. The summed E-state index contributed by atoms with van der Waals surface area (Å²) in [6.07, 6.45) is 1.27. The van der Waals surface area contributed by atoms with Crippen molar-refractivity contribution in [1.29, 1.82) is 0 Å². The number of amides is 3. The molecule has 0 aliphatic heterocycles. The van der Waals surface area contributed by atoms with Crippen LogP contribution in [0.2, 0.25) is 0 Å². The van der Waals surface area contributed by atoms with E-state index in [1.807, 2.05) is 31.2 Å². The Morgan fingerprint density at radius 2 is 1.52 bits per heavy atom. The Hall–Kier alpha value is -5.22. The highest BCUT2D eigenvalue weighted by atomic mass is 32.2.